The average molecular weight is 175 g/mol. The van der Waals surface area contributed by atoms with Crippen molar-refractivity contribution in [3.05, 3.63) is 17.7 Å². The molecule has 0 atom stereocenters. The summed E-state index contributed by atoms with van der Waals surface area (Å²) in [6.45, 7) is 0. The van der Waals surface area contributed by atoms with E-state index in [0.29, 0.717) is 0 Å². The molecule has 1 aromatic rings. The smallest absolute Gasteiger partial charge is 0.449 e. The van der Waals surface area contributed by atoms with Gasteiger partial charge in [0, 0.05) is 0 Å². The molecule has 1 aromatic heterocycles. The van der Waals surface area contributed by atoms with Gasteiger partial charge in [-0.15, -0.1) is 0 Å². The summed E-state index contributed by atoms with van der Waals surface area (Å²) in [5.41, 5.74) is 0. The van der Waals surface area contributed by atoms with Crippen LogP contribution in [0.15, 0.2) is 12.4 Å². The Bertz CT molecular complexity index is 261. The number of ether oxygens (including phenoxy) is 1. The van der Waals surface area contributed by atoms with Crippen molar-refractivity contribution < 1.29 is 14.6 Å². The first kappa shape index (κ1) is 7.74. The SMILES string of the molecule is O=C(O)Oc1cnc(Cl)nc1. The first-order valence-corrected chi connectivity index (χ1v) is 2.94. The third-order valence-electron chi connectivity index (χ3n) is 0.802. The fraction of sp³-hybridized carbons (Fsp3) is 0. The van der Waals surface area contributed by atoms with E-state index < -0.39 is 6.16 Å². The van der Waals surface area contributed by atoms with E-state index in [1.165, 1.54) is 12.4 Å². The molecule has 0 amide bonds. The molecule has 1 rings (SSSR count). The summed E-state index contributed by atoms with van der Waals surface area (Å²) in [6.07, 6.45) is 0.934. The van der Waals surface area contributed by atoms with E-state index >= 15 is 0 Å². The molecule has 0 unspecified atom stereocenters. The van der Waals surface area contributed by atoms with E-state index in [9.17, 15) is 4.79 Å². The molecule has 1 N–H and O–H groups in total. The summed E-state index contributed by atoms with van der Waals surface area (Å²) in [5, 5.41) is 8.17. The van der Waals surface area contributed by atoms with Crippen molar-refractivity contribution in [3.63, 3.8) is 0 Å². The van der Waals surface area contributed by atoms with Crippen LogP contribution in [0.4, 0.5) is 4.79 Å². The minimum Gasteiger partial charge on any atom is -0.449 e. The normalized spacial score (nSPS) is 9.18. The molecule has 58 valence electrons. The predicted molar refractivity (Wildman–Crippen MR) is 35.7 cm³/mol. The van der Waals surface area contributed by atoms with Gasteiger partial charge in [-0.05, 0) is 11.6 Å². The maximum absolute atomic E-state index is 9.94. The van der Waals surface area contributed by atoms with Crippen molar-refractivity contribution in [1.82, 2.24) is 9.97 Å². The van der Waals surface area contributed by atoms with E-state index in [1.807, 2.05) is 0 Å². The highest BCUT2D eigenvalue weighted by atomic mass is 35.5. The summed E-state index contributed by atoms with van der Waals surface area (Å²) in [4.78, 5) is 16.9. The molecule has 0 aliphatic rings. The maximum Gasteiger partial charge on any atom is 0.511 e. The van der Waals surface area contributed by atoms with Crippen molar-refractivity contribution >= 4 is 17.8 Å². The zero-order valence-electron chi connectivity index (χ0n) is 5.19. The van der Waals surface area contributed by atoms with Gasteiger partial charge in [0.2, 0.25) is 5.28 Å². The number of hydrogen-bond acceptors (Lipinski definition) is 4. The van der Waals surface area contributed by atoms with Crippen LogP contribution in [0.1, 0.15) is 0 Å². The average Bonchev–Trinajstić information content (AvgIpc) is 1.93. The van der Waals surface area contributed by atoms with Crippen molar-refractivity contribution in [3.8, 4) is 5.75 Å². The van der Waals surface area contributed by atoms with Crippen molar-refractivity contribution in [2.45, 2.75) is 0 Å². The van der Waals surface area contributed by atoms with E-state index in [1.54, 1.807) is 0 Å². The lowest BCUT2D eigenvalue weighted by Gasteiger charge is -1.95. The summed E-state index contributed by atoms with van der Waals surface area (Å²) >= 11 is 5.32. The van der Waals surface area contributed by atoms with Gasteiger partial charge in [0.05, 0.1) is 12.4 Å². The van der Waals surface area contributed by atoms with Gasteiger partial charge in [0.1, 0.15) is 0 Å². The largest absolute Gasteiger partial charge is 0.511 e. The standard InChI is InChI=1S/C5H3ClN2O3/c6-4-7-1-3(2-8-4)11-5(9)10/h1-2H,(H,9,10). The summed E-state index contributed by atoms with van der Waals surface area (Å²) in [7, 11) is 0. The second kappa shape index (κ2) is 3.16. The second-order valence-electron chi connectivity index (χ2n) is 1.56. The number of halogens is 1. The summed E-state index contributed by atoms with van der Waals surface area (Å²) in [5.74, 6) is 0.0434. The van der Waals surface area contributed by atoms with Gasteiger partial charge in [-0.3, -0.25) is 0 Å². The molecule has 0 spiro atoms. The lowest BCUT2D eigenvalue weighted by molar-refractivity contribution is 0.144. The van der Waals surface area contributed by atoms with Gasteiger partial charge in [0.15, 0.2) is 5.75 Å². The first-order valence-electron chi connectivity index (χ1n) is 2.57. The molecule has 0 aromatic carbocycles. The molecule has 6 heteroatoms. The highest BCUT2D eigenvalue weighted by Crippen LogP contribution is 2.08. The molecule has 0 radical (unpaired) electrons. The number of aromatic nitrogens is 2. The number of carboxylic acid groups (broad SMARTS) is 1. The van der Waals surface area contributed by atoms with Crippen LogP contribution in [0, 0.1) is 0 Å². The molecule has 0 aliphatic carbocycles. The molecule has 11 heavy (non-hydrogen) atoms. The van der Waals surface area contributed by atoms with Gasteiger partial charge in [-0.1, -0.05) is 0 Å². The Hall–Kier alpha value is -1.36. The van der Waals surface area contributed by atoms with E-state index in [4.69, 9.17) is 16.7 Å². The maximum atomic E-state index is 9.94. The molecule has 1 heterocycles. The molecular weight excluding hydrogens is 172 g/mol. The van der Waals surface area contributed by atoms with Gasteiger partial charge >= 0.3 is 6.16 Å². The lowest BCUT2D eigenvalue weighted by atomic mass is 10.6. The fourth-order valence-corrected chi connectivity index (χ4v) is 0.552. The van der Waals surface area contributed by atoms with Crippen LogP contribution < -0.4 is 4.74 Å². The molecule has 0 saturated carbocycles. The quantitative estimate of drug-likeness (QED) is 0.511. The highest BCUT2D eigenvalue weighted by molar-refractivity contribution is 6.28. The Morgan fingerprint density at radius 1 is 1.55 bits per heavy atom. The lowest BCUT2D eigenvalue weighted by Crippen LogP contribution is -2.03. The Balaban J connectivity index is 2.74. The van der Waals surface area contributed by atoms with Gasteiger partial charge < -0.3 is 9.84 Å². The van der Waals surface area contributed by atoms with Crippen molar-refractivity contribution in [1.29, 1.82) is 0 Å². The van der Waals surface area contributed by atoms with E-state index in [0.717, 1.165) is 0 Å². The zero-order valence-corrected chi connectivity index (χ0v) is 5.95. The molecule has 0 saturated heterocycles. The predicted octanol–water partition coefficient (Wildman–Crippen LogP) is 1.19. The number of hydrogen-bond donors (Lipinski definition) is 1. The Labute approximate surface area is 66.6 Å². The Kier molecular flexibility index (Phi) is 2.22. The zero-order chi connectivity index (χ0) is 8.27. The topological polar surface area (TPSA) is 72.3 Å². The molecular formula is C5H3ClN2O3. The van der Waals surface area contributed by atoms with Crippen LogP contribution in [0.5, 0.6) is 5.75 Å². The van der Waals surface area contributed by atoms with Crippen LogP contribution >= 0.6 is 11.6 Å². The van der Waals surface area contributed by atoms with Crippen LogP contribution in [-0.2, 0) is 0 Å². The Morgan fingerprint density at radius 2 is 2.09 bits per heavy atom. The number of rotatable bonds is 1. The van der Waals surface area contributed by atoms with Crippen molar-refractivity contribution in [2.75, 3.05) is 0 Å². The van der Waals surface area contributed by atoms with Crippen LogP contribution in [-0.4, -0.2) is 21.2 Å². The Morgan fingerprint density at radius 3 is 2.55 bits per heavy atom. The van der Waals surface area contributed by atoms with Gasteiger partial charge in [-0.25, -0.2) is 14.8 Å². The number of carbonyl (C=O) groups is 1. The fourth-order valence-electron chi connectivity index (χ4n) is 0.454. The third kappa shape index (κ3) is 2.38. The van der Waals surface area contributed by atoms with Crippen LogP contribution in [0.25, 0.3) is 0 Å². The molecule has 5 nitrogen and oxygen atoms in total. The third-order valence-corrected chi connectivity index (χ3v) is 0.997. The van der Waals surface area contributed by atoms with Crippen LogP contribution in [0.2, 0.25) is 5.28 Å². The number of nitrogens with zero attached hydrogens (tertiary/aromatic N) is 2. The van der Waals surface area contributed by atoms with Crippen molar-refractivity contribution in [2.24, 2.45) is 0 Å². The summed E-state index contributed by atoms with van der Waals surface area (Å²) < 4.78 is 4.20. The summed E-state index contributed by atoms with van der Waals surface area (Å²) in [6, 6.07) is 0. The first-order chi connectivity index (χ1) is 5.18. The van der Waals surface area contributed by atoms with E-state index in [2.05, 4.69) is 14.7 Å². The van der Waals surface area contributed by atoms with E-state index in [-0.39, 0.29) is 11.0 Å². The van der Waals surface area contributed by atoms with Crippen LogP contribution in [0.3, 0.4) is 0 Å². The molecule has 0 bridgehead atoms. The second-order valence-corrected chi connectivity index (χ2v) is 1.89. The van der Waals surface area contributed by atoms with Gasteiger partial charge in [-0.2, -0.15) is 0 Å². The minimum atomic E-state index is -1.41. The minimum absolute atomic E-state index is 0.0434. The molecule has 0 fully saturated rings. The van der Waals surface area contributed by atoms with Gasteiger partial charge in [0.25, 0.3) is 0 Å². The monoisotopic (exact) mass is 174 g/mol. The molecule has 0 aliphatic heterocycles. The highest BCUT2D eigenvalue weighted by Gasteiger charge is 2.00.